The van der Waals surface area contributed by atoms with Crippen LogP contribution in [0, 0.1) is 0 Å². The van der Waals surface area contributed by atoms with E-state index in [0.717, 1.165) is 0 Å². The highest BCUT2D eigenvalue weighted by Crippen LogP contribution is 2.18. The zero-order chi connectivity index (χ0) is 16.7. The van der Waals surface area contributed by atoms with Crippen molar-refractivity contribution in [3.05, 3.63) is 28.8 Å². The number of carbonyl (C=O) groups excluding carboxylic acids is 2. The van der Waals surface area contributed by atoms with E-state index in [1.165, 1.54) is 17.4 Å². The van der Waals surface area contributed by atoms with Crippen LogP contribution in [0.2, 0.25) is 5.02 Å². The normalized spacial score (nSPS) is 12.0. The van der Waals surface area contributed by atoms with E-state index in [1.54, 1.807) is 6.07 Å². The molecule has 0 aromatic heterocycles. The fourth-order valence-electron chi connectivity index (χ4n) is 1.55. The average Bonchev–Trinajstić information content (AvgIpc) is 2.45. The van der Waals surface area contributed by atoms with Gasteiger partial charge in [0.05, 0.1) is 10.6 Å². The maximum Gasteiger partial charge on any atom is 0.287 e. The average molecular weight is 338 g/mol. The number of halogens is 4. The molecule has 0 radical (unpaired) electrons. The summed E-state index contributed by atoms with van der Waals surface area (Å²) in [7, 11) is 0. The second kappa shape index (κ2) is 8.47. The van der Waals surface area contributed by atoms with Crippen molar-refractivity contribution >= 4 is 29.1 Å². The van der Waals surface area contributed by atoms with Crippen LogP contribution >= 0.6 is 11.6 Å². The first-order valence-corrected chi connectivity index (χ1v) is 6.74. The van der Waals surface area contributed by atoms with Crippen molar-refractivity contribution in [1.82, 2.24) is 10.6 Å². The summed E-state index contributed by atoms with van der Waals surface area (Å²) in [6.45, 7) is 0.100. The summed E-state index contributed by atoms with van der Waals surface area (Å²) < 4.78 is 36.3. The highest BCUT2D eigenvalue weighted by atomic mass is 35.5. The van der Waals surface area contributed by atoms with E-state index in [4.69, 9.17) is 17.3 Å². The number of hydrogen-bond donors (Lipinski definition) is 3. The Labute approximate surface area is 130 Å². The number of nitrogen functional groups attached to an aromatic ring is 1. The van der Waals surface area contributed by atoms with Crippen molar-refractivity contribution in [2.24, 2.45) is 0 Å². The Morgan fingerprint density at radius 2 is 1.95 bits per heavy atom. The third-order valence-corrected chi connectivity index (χ3v) is 2.95. The van der Waals surface area contributed by atoms with E-state index in [2.05, 4.69) is 5.32 Å². The van der Waals surface area contributed by atoms with E-state index < -0.39 is 24.5 Å². The lowest BCUT2D eigenvalue weighted by Gasteiger charge is -2.10. The molecule has 0 spiro atoms. The number of anilines is 1. The van der Waals surface area contributed by atoms with Crippen LogP contribution in [0.1, 0.15) is 23.2 Å². The molecule has 1 unspecified atom stereocenters. The Kier molecular flexibility index (Phi) is 6.97. The molecule has 9 heteroatoms. The topological polar surface area (TPSA) is 84.2 Å². The second-order valence-corrected chi connectivity index (χ2v) is 4.81. The fourth-order valence-corrected chi connectivity index (χ4v) is 1.76. The van der Waals surface area contributed by atoms with Gasteiger partial charge in [-0.15, -0.1) is 0 Å². The number of alkyl halides is 3. The molecule has 122 valence electrons. The molecule has 0 aliphatic carbocycles. The van der Waals surface area contributed by atoms with Gasteiger partial charge in [-0.2, -0.15) is 0 Å². The predicted molar refractivity (Wildman–Crippen MR) is 76.5 cm³/mol. The maximum absolute atomic E-state index is 12.5. The third kappa shape index (κ3) is 5.80. The molecule has 4 N–H and O–H groups in total. The number of rotatable bonds is 7. The van der Waals surface area contributed by atoms with Crippen LogP contribution in [-0.4, -0.2) is 31.1 Å². The summed E-state index contributed by atoms with van der Waals surface area (Å²) in [5, 5.41) is 4.23. The molecule has 22 heavy (non-hydrogen) atoms. The molecule has 1 aromatic rings. The molecule has 2 amide bonds. The molecule has 1 aromatic carbocycles. The number of amides is 2. The highest BCUT2D eigenvalue weighted by molar-refractivity contribution is 6.34. The van der Waals surface area contributed by atoms with Gasteiger partial charge in [0.25, 0.3) is 12.3 Å². The van der Waals surface area contributed by atoms with Crippen LogP contribution in [-0.2, 0) is 4.79 Å². The van der Waals surface area contributed by atoms with Gasteiger partial charge >= 0.3 is 0 Å². The minimum atomic E-state index is -3.27. The molecule has 0 aliphatic heterocycles. The van der Waals surface area contributed by atoms with Crippen LogP contribution in [0.25, 0.3) is 0 Å². The molecule has 1 rings (SSSR count). The Balaban J connectivity index is 2.34. The monoisotopic (exact) mass is 337 g/mol. The number of carbonyl (C=O) groups is 2. The van der Waals surface area contributed by atoms with Crippen molar-refractivity contribution in [2.75, 3.05) is 12.3 Å². The molecule has 0 bridgehead atoms. The number of benzene rings is 1. The summed E-state index contributed by atoms with van der Waals surface area (Å²) in [4.78, 5) is 23.0. The fraction of sp³-hybridized carbons (Fsp3) is 0.385. The zero-order valence-corrected chi connectivity index (χ0v) is 12.2. The number of hydrogen-bond acceptors (Lipinski definition) is 3. The van der Waals surface area contributed by atoms with Crippen LogP contribution < -0.4 is 16.4 Å². The van der Waals surface area contributed by atoms with Crippen LogP contribution in [0.4, 0.5) is 18.9 Å². The molecule has 0 saturated carbocycles. The van der Waals surface area contributed by atoms with Gasteiger partial charge in [-0.25, -0.2) is 13.2 Å². The van der Waals surface area contributed by atoms with E-state index >= 15 is 0 Å². The Morgan fingerprint density at radius 3 is 2.59 bits per heavy atom. The van der Waals surface area contributed by atoms with Crippen molar-refractivity contribution in [1.29, 1.82) is 0 Å². The Hall–Kier alpha value is -1.96. The highest BCUT2D eigenvalue weighted by Gasteiger charge is 2.20. The lowest BCUT2D eigenvalue weighted by Crippen LogP contribution is -2.36. The van der Waals surface area contributed by atoms with E-state index in [-0.39, 0.29) is 30.0 Å². The summed E-state index contributed by atoms with van der Waals surface area (Å²) in [5.41, 5.74) is 6.10. The first-order chi connectivity index (χ1) is 10.3. The molecule has 0 heterocycles. The Morgan fingerprint density at radius 1 is 1.27 bits per heavy atom. The lowest BCUT2D eigenvalue weighted by molar-refractivity contribution is -0.125. The van der Waals surface area contributed by atoms with Crippen molar-refractivity contribution in [2.45, 2.75) is 25.6 Å². The lowest BCUT2D eigenvalue weighted by atomic mass is 10.2. The van der Waals surface area contributed by atoms with Gasteiger partial charge in [0, 0.05) is 18.7 Å². The SMILES string of the molecule is Nc1ccc(Cl)c(C(=O)NCCCC(=O)NC(F)C(F)F)c1. The predicted octanol–water partition coefficient (Wildman–Crippen LogP) is 2.11. The zero-order valence-electron chi connectivity index (χ0n) is 11.4. The first-order valence-electron chi connectivity index (χ1n) is 6.36. The smallest absolute Gasteiger partial charge is 0.287 e. The summed E-state index contributed by atoms with van der Waals surface area (Å²) >= 11 is 5.85. The molecular weight excluding hydrogens is 323 g/mol. The van der Waals surface area contributed by atoms with Gasteiger partial charge in [0.2, 0.25) is 12.2 Å². The van der Waals surface area contributed by atoms with Crippen molar-refractivity contribution in [3.8, 4) is 0 Å². The van der Waals surface area contributed by atoms with E-state index in [1.807, 2.05) is 0 Å². The molecule has 1 atom stereocenters. The maximum atomic E-state index is 12.5. The summed E-state index contributed by atoms with van der Waals surface area (Å²) in [5.74, 6) is -1.34. The quantitative estimate of drug-likeness (QED) is 0.405. The number of nitrogens with one attached hydrogen (secondary N) is 2. The van der Waals surface area contributed by atoms with E-state index in [9.17, 15) is 22.8 Å². The molecule has 0 saturated heterocycles. The Bertz CT molecular complexity index is 543. The van der Waals surface area contributed by atoms with Gasteiger partial charge in [-0.05, 0) is 24.6 Å². The molecule has 5 nitrogen and oxygen atoms in total. The van der Waals surface area contributed by atoms with Crippen molar-refractivity contribution in [3.63, 3.8) is 0 Å². The van der Waals surface area contributed by atoms with Gasteiger partial charge in [0.15, 0.2) is 0 Å². The standard InChI is InChI=1S/C13H15ClF3N3O2/c14-9-4-3-7(18)6-8(9)13(22)19-5-1-2-10(21)20-12(17)11(15)16/h3-4,6,11-12H,1-2,5,18H2,(H,19,22)(H,20,21). The van der Waals surface area contributed by atoms with Gasteiger partial charge < -0.3 is 16.4 Å². The largest absolute Gasteiger partial charge is 0.399 e. The van der Waals surface area contributed by atoms with E-state index in [0.29, 0.717) is 5.69 Å². The summed E-state index contributed by atoms with van der Waals surface area (Å²) in [6, 6.07) is 4.42. The van der Waals surface area contributed by atoms with Gasteiger partial charge in [-0.1, -0.05) is 11.6 Å². The first kappa shape index (κ1) is 18.1. The molecule has 0 aliphatic rings. The van der Waals surface area contributed by atoms with Gasteiger partial charge in [-0.3, -0.25) is 9.59 Å². The molecular formula is C13H15ClF3N3O2. The van der Waals surface area contributed by atoms with Crippen LogP contribution in [0.3, 0.4) is 0 Å². The van der Waals surface area contributed by atoms with Crippen LogP contribution in [0.15, 0.2) is 18.2 Å². The minimum Gasteiger partial charge on any atom is -0.399 e. The van der Waals surface area contributed by atoms with Crippen LogP contribution in [0.5, 0.6) is 0 Å². The second-order valence-electron chi connectivity index (χ2n) is 4.40. The van der Waals surface area contributed by atoms with Gasteiger partial charge in [0.1, 0.15) is 0 Å². The third-order valence-electron chi connectivity index (χ3n) is 2.62. The summed E-state index contributed by atoms with van der Waals surface area (Å²) in [6.07, 6.45) is -5.99. The number of nitrogens with two attached hydrogens (primary N) is 1. The minimum absolute atomic E-state index is 0.100. The molecule has 0 fully saturated rings. The van der Waals surface area contributed by atoms with Crippen molar-refractivity contribution < 1.29 is 22.8 Å².